The number of alkyl halides is 3. The number of rotatable bonds is 6. The third-order valence-electron chi connectivity index (χ3n) is 5.41. The summed E-state index contributed by atoms with van der Waals surface area (Å²) in [6.07, 6.45) is -4.49. The van der Waals surface area contributed by atoms with E-state index < -0.39 is 23.6 Å². The molecule has 0 atom stereocenters. The first kappa shape index (κ1) is 24.3. The molecule has 0 saturated carbocycles. The number of anilines is 2. The first-order valence-corrected chi connectivity index (χ1v) is 11.0. The maximum atomic E-state index is 13.0. The van der Waals surface area contributed by atoms with Crippen molar-refractivity contribution in [3.8, 4) is 11.3 Å². The number of benzene rings is 2. The van der Waals surface area contributed by atoms with Gasteiger partial charge in [-0.1, -0.05) is 12.1 Å². The average Bonchev–Trinajstić information content (AvgIpc) is 3.35. The number of nitrogens with zero attached hydrogens (tertiary/aromatic N) is 1. The van der Waals surface area contributed by atoms with Gasteiger partial charge in [0.25, 0.3) is 5.91 Å². The fourth-order valence-corrected chi connectivity index (χ4v) is 3.72. The zero-order valence-corrected chi connectivity index (χ0v) is 18.9. The lowest BCUT2D eigenvalue weighted by Gasteiger charge is -2.30. The molecule has 2 heterocycles. The monoisotopic (exact) mass is 488 g/mol. The van der Waals surface area contributed by atoms with Crippen LogP contribution in [-0.2, 0) is 15.7 Å². The van der Waals surface area contributed by atoms with Crippen molar-refractivity contribution in [1.82, 2.24) is 0 Å². The van der Waals surface area contributed by atoms with Gasteiger partial charge in [0.1, 0.15) is 5.76 Å². The van der Waals surface area contributed by atoms with Crippen LogP contribution in [0.5, 0.6) is 0 Å². The molecule has 1 saturated heterocycles. The minimum Gasteiger partial charge on any atom is -0.462 e. The lowest BCUT2D eigenvalue weighted by Crippen LogP contribution is -2.37. The molecule has 0 spiro atoms. The van der Waals surface area contributed by atoms with Gasteiger partial charge >= 0.3 is 12.1 Å². The highest BCUT2D eigenvalue weighted by atomic mass is 19.4. The summed E-state index contributed by atoms with van der Waals surface area (Å²) in [6, 6.07) is 12.4. The molecule has 35 heavy (non-hydrogen) atoms. The minimum absolute atomic E-state index is 0.0904. The Morgan fingerprint density at radius 2 is 1.83 bits per heavy atom. The molecule has 0 unspecified atom stereocenters. The number of furan rings is 1. The fourth-order valence-electron chi connectivity index (χ4n) is 3.72. The third kappa shape index (κ3) is 5.65. The molecule has 184 valence electrons. The predicted molar refractivity (Wildman–Crippen MR) is 123 cm³/mol. The highest BCUT2D eigenvalue weighted by Gasteiger charge is 2.30. The second kappa shape index (κ2) is 10.2. The van der Waals surface area contributed by atoms with Gasteiger partial charge in [-0.25, -0.2) is 4.79 Å². The molecule has 1 aliphatic rings. The maximum absolute atomic E-state index is 13.0. The van der Waals surface area contributed by atoms with Gasteiger partial charge in [-0.15, -0.1) is 0 Å². The van der Waals surface area contributed by atoms with Gasteiger partial charge < -0.3 is 24.1 Å². The highest BCUT2D eigenvalue weighted by Crippen LogP contribution is 2.33. The fraction of sp³-hybridized carbons (Fsp3) is 0.280. The van der Waals surface area contributed by atoms with E-state index in [0.29, 0.717) is 43.2 Å². The van der Waals surface area contributed by atoms with Crippen LogP contribution in [0.15, 0.2) is 59.0 Å². The molecule has 0 radical (unpaired) electrons. The topological polar surface area (TPSA) is 81.0 Å². The minimum atomic E-state index is -4.49. The van der Waals surface area contributed by atoms with E-state index in [4.69, 9.17) is 13.9 Å². The Kier molecular flexibility index (Phi) is 7.11. The zero-order chi connectivity index (χ0) is 25.0. The van der Waals surface area contributed by atoms with Gasteiger partial charge in [-0.3, -0.25) is 4.79 Å². The molecule has 1 aromatic heterocycles. The van der Waals surface area contributed by atoms with Gasteiger partial charge in [-0.05, 0) is 49.4 Å². The van der Waals surface area contributed by atoms with E-state index in [2.05, 4.69) is 5.32 Å². The maximum Gasteiger partial charge on any atom is 0.416 e. The van der Waals surface area contributed by atoms with Crippen LogP contribution in [0.3, 0.4) is 0 Å². The van der Waals surface area contributed by atoms with Crippen molar-refractivity contribution in [1.29, 1.82) is 0 Å². The Hall–Kier alpha value is -3.79. The molecule has 10 heteroatoms. The number of ether oxygens (including phenoxy) is 2. The average molecular weight is 488 g/mol. The van der Waals surface area contributed by atoms with Crippen LogP contribution < -0.4 is 10.2 Å². The van der Waals surface area contributed by atoms with E-state index in [1.807, 2.05) is 4.90 Å². The molecule has 4 rings (SSSR count). The summed E-state index contributed by atoms with van der Waals surface area (Å²) in [5, 5.41) is 2.66. The van der Waals surface area contributed by atoms with Crippen molar-refractivity contribution in [3.63, 3.8) is 0 Å². The second-order valence-electron chi connectivity index (χ2n) is 7.75. The molecule has 1 N–H and O–H groups in total. The molecule has 1 fully saturated rings. The van der Waals surface area contributed by atoms with Crippen molar-refractivity contribution in [2.75, 3.05) is 43.1 Å². The van der Waals surface area contributed by atoms with Crippen molar-refractivity contribution in [2.45, 2.75) is 13.1 Å². The molecule has 0 aliphatic carbocycles. The smallest absolute Gasteiger partial charge is 0.416 e. The number of hydrogen-bond donors (Lipinski definition) is 1. The Balaban J connectivity index is 1.55. The van der Waals surface area contributed by atoms with E-state index in [0.717, 1.165) is 12.1 Å². The van der Waals surface area contributed by atoms with E-state index in [-0.39, 0.29) is 23.7 Å². The number of morpholine rings is 1. The summed E-state index contributed by atoms with van der Waals surface area (Å²) >= 11 is 0. The number of hydrogen-bond acceptors (Lipinski definition) is 6. The first-order chi connectivity index (χ1) is 16.8. The Labute approximate surface area is 199 Å². The summed E-state index contributed by atoms with van der Waals surface area (Å²) in [5.41, 5.74) is 0.694. The SMILES string of the molecule is CCOC(=O)c1cc(NC(=O)c2ccc(-c3cccc(C(F)(F)F)c3)o2)ccc1N1CCOCC1. The molecular formula is C25H23F3N2O5. The van der Waals surface area contributed by atoms with Crippen molar-refractivity contribution < 1.29 is 36.7 Å². The first-order valence-electron chi connectivity index (χ1n) is 11.0. The van der Waals surface area contributed by atoms with Gasteiger partial charge in [0, 0.05) is 24.3 Å². The number of nitrogens with one attached hydrogen (secondary N) is 1. The van der Waals surface area contributed by atoms with Crippen molar-refractivity contribution in [3.05, 3.63) is 71.5 Å². The Bertz CT molecular complexity index is 1220. The van der Waals surface area contributed by atoms with E-state index in [1.165, 1.54) is 30.3 Å². The van der Waals surface area contributed by atoms with Gasteiger partial charge in [0.05, 0.1) is 36.6 Å². The largest absolute Gasteiger partial charge is 0.462 e. The van der Waals surface area contributed by atoms with Crippen molar-refractivity contribution in [2.24, 2.45) is 0 Å². The summed E-state index contributed by atoms with van der Waals surface area (Å²) in [7, 11) is 0. The predicted octanol–water partition coefficient (Wildman–Crippen LogP) is 5.23. The van der Waals surface area contributed by atoms with Crippen LogP contribution in [0.2, 0.25) is 0 Å². The number of amides is 1. The molecule has 0 bridgehead atoms. The molecule has 1 amide bonds. The molecular weight excluding hydrogens is 465 g/mol. The van der Waals surface area contributed by atoms with Crippen molar-refractivity contribution >= 4 is 23.3 Å². The third-order valence-corrected chi connectivity index (χ3v) is 5.41. The second-order valence-corrected chi connectivity index (χ2v) is 7.75. The van der Waals surface area contributed by atoms with E-state index >= 15 is 0 Å². The van der Waals surface area contributed by atoms with Gasteiger partial charge in [0.2, 0.25) is 0 Å². The number of halogens is 3. The number of carbonyl (C=O) groups excluding carboxylic acids is 2. The van der Waals surface area contributed by atoms with E-state index in [1.54, 1.807) is 19.1 Å². The van der Waals surface area contributed by atoms with Crippen LogP contribution in [-0.4, -0.2) is 44.8 Å². The lowest BCUT2D eigenvalue weighted by atomic mass is 10.1. The van der Waals surface area contributed by atoms with Gasteiger partial charge in [0.15, 0.2) is 5.76 Å². The lowest BCUT2D eigenvalue weighted by molar-refractivity contribution is -0.137. The quantitative estimate of drug-likeness (QED) is 0.479. The van der Waals surface area contributed by atoms with Crippen LogP contribution in [0.1, 0.15) is 33.4 Å². The highest BCUT2D eigenvalue weighted by molar-refractivity contribution is 6.04. The normalized spacial score (nSPS) is 14.0. The standard InChI is InChI=1S/C25H23F3N2O5/c1-2-34-24(32)19-15-18(6-7-20(19)30-10-12-33-13-11-30)29-23(31)22-9-8-21(35-22)16-4-3-5-17(14-16)25(26,27)28/h3-9,14-15H,2,10-13H2,1H3,(H,29,31). The zero-order valence-electron chi connectivity index (χ0n) is 18.9. The van der Waals surface area contributed by atoms with Crippen LogP contribution in [0.4, 0.5) is 24.5 Å². The molecule has 1 aliphatic heterocycles. The Morgan fingerprint density at radius 3 is 2.54 bits per heavy atom. The van der Waals surface area contributed by atoms with Crippen LogP contribution in [0.25, 0.3) is 11.3 Å². The van der Waals surface area contributed by atoms with Crippen LogP contribution in [0, 0.1) is 0 Å². The molecule has 2 aromatic carbocycles. The Morgan fingerprint density at radius 1 is 1.06 bits per heavy atom. The summed E-state index contributed by atoms with van der Waals surface area (Å²) < 4.78 is 55.1. The number of carbonyl (C=O) groups is 2. The van der Waals surface area contributed by atoms with E-state index in [9.17, 15) is 22.8 Å². The number of esters is 1. The summed E-state index contributed by atoms with van der Waals surface area (Å²) in [6.45, 7) is 4.20. The molecule has 7 nitrogen and oxygen atoms in total. The summed E-state index contributed by atoms with van der Waals surface area (Å²) in [5.74, 6) is -1.10. The summed E-state index contributed by atoms with van der Waals surface area (Å²) in [4.78, 5) is 27.3. The molecule has 3 aromatic rings. The van der Waals surface area contributed by atoms with Gasteiger partial charge in [-0.2, -0.15) is 13.2 Å². The van der Waals surface area contributed by atoms with Crippen LogP contribution >= 0.6 is 0 Å².